The van der Waals surface area contributed by atoms with Crippen LogP contribution in [0.3, 0.4) is 0 Å². The van der Waals surface area contributed by atoms with Gasteiger partial charge in [-0.25, -0.2) is 0 Å². The lowest BCUT2D eigenvalue weighted by Gasteiger charge is -2.25. The Balaban J connectivity index is 1.49. The number of hydrogen-bond acceptors (Lipinski definition) is 5. The Labute approximate surface area is 219 Å². The van der Waals surface area contributed by atoms with Crippen LogP contribution in [0.25, 0.3) is 0 Å². The van der Waals surface area contributed by atoms with Gasteiger partial charge in [0.2, 0.25) is 0 Å². The highest BCUT2D eigenvalue weighted by molar-refractivity contribution is 5.44. The Morgan fingerprint density at radius 3 is 1.76 bits per heavy atom. The normalized spacial score (nSPS) is 11.9. The Morgan fingerprint density at radius 2 is 1.19 bits per heavy atom. The van der Waals surface area contributed by atoms with Crippen molar-refractivity contribution >= 4 is 0 Å². The van der Waals surface area contributed by atoms with E-state index in [-0.39, 0.29) is 6.61 Å². The fourth-order valence-electron chi connectivity index (χ4n) is 4.16. The van der Waals surface area contributed by atoms with Crippen molar-refractivity contribution in [3.63, 3.8) is 0 Å². The first-order valence-electron chi connectivity index (χ1n) is 12.7. The third-order valence-electron chi connectivity index (χ3n) is 6.14. The SMILES string of the molecule is OCCCN(Cc1ccccc1)CC(O)c1ccc(OCc2ccccc2)c(OCc2ccccc2)c1. The Morgan fingerprint density at radius 1 is 0.649 bits per heavy atom. The Kier molecular flexibility index (Phi) is 10.1. The van der Waals surface area contributed by atoms with Gasteiger partial charge >= 0.3 is 0 Å². The van der Waals surface area contributed by atoms with Crippen molar-refractivity contribution in [2.45, 2.75) is 32.3 Å². The molecule has 4 aromatic rings. The fraction of sp³-hybridized carbons (Fsp3) is 0.250. The molecule has 0 saturated heterocycles. The highest BCUT2D eigenvalue weighted by atomic mass is 16.5. The molecule has 4 aromatic carbocycles. The molecule has 0 aliphatic carbocycles. The van der Waals surface area contributed by atoms with Crippen LogP contribution in [0.5, 0.6) is 11.5 Å². The molecule has 0 radical (unpaired) electrons. The molecule has 5 nitrogen and oxygen atoms in total. The summed E-state index contributed by atoms with van der Waals surface area (Å²) in [4.78, 5) is 2.17. The quantitative estimate of drug-likeness (QED) is 0.232. The third-order valence-corrected chi connectivity index (χ3v) is 6.14. The van der Waals surface area contributed by atoms with Crippen molar-refractivity contribution in [3.8, 4) is 11.5 Å². The van der Waals surface area contributed by atoms with E-state index in [4.69, 9.17) is 9.47 Å². The van der Waals surface area contributed by atoms with Crippen molar-refractivity contribution < 1.29 is 19.7 Å². The van der Waals surface area contributed by atoms with Crippen LogP contribution in [0.15, 0.2) is 109 Å². The van der Waals surface area contributed by atoms with E-state index in [9.17, 15) is 10.2 Å². The van der Waals surface area contributed by atoms with Gasteiger partial charge in [-0.15, -0.1) is 0 Å². The highest BCUT2D eigenvalue weighted by Crippen LogP contribution is 2.32. The molecule has 0 amide bonds. The van der Waals surface area contributed by atoms with Crippen LogP contribution < -0.4 is 9.47 Å². The maximum Gasteiger partial charge on any atom is 0.162 e. The topological polar surface area (TPSA) is 62.2 Å². The van der Waals surface area contributed by atoms with Crippen LogP contribution in [0, 0.1) is 0 Å². The number of aliphatic hydroxyl groups excluding tert-OH is 2. The van der Waals surface area contributed by atoms with Gasteiger partial charge < -0.3 is 19.7 Å². The van der Waals surface area contributed by atoms with Crippen LogP contribution >= 0.6 is 0 Å². The number of hydrogen-bond donors (Lipinski definition) is 2. The molecule has 0 aliphatic rings. The van der Waals surface area contributed by atoms with Crippen molar-refractivity contribution in [1.29, 1.82) is 0 Å². The van der Waals surface area contributed by atoms with Gasteiger partial charge in [-0.1, -0.05) is 97.1 Å². The van der Waals surface area contributed by atoms with Gasteiger partial charge in [0.05, 0.1) is 6.10 Å². The standard InChI is InChI=1S/C32H35NO4/c34-20-10-19-33(22-26-11-4-1-5-12-26)23-30(35)29-17-18-31(36-24-27-13-6-2-7-14-27)32(21-29)37-25-28-15-8-3-9-16-28/h1-9,11-18,21,30,34-35H,10,19-20,22-25H2. The van der Waals surface area contributed by atoms with E-state index < -0.39 is 6.10 Å². The fourth-order valence-corrected chi connectivity index (χ4v) is 4.16. The third kappa shape index (κ3) is 8.46. The zero-order valence-corrected chi connectivity index (χ0v) is 21.1. The van der Waals surface area contributed by atoms with Gasteiger partial charge in [-0.3, -0.25) is 4.90 Å². The summed E-state index contributed by atoms with van der Waals surface area (Å²) in [6.07, 6.45) is -0.0679. The minimum Gasteiger partial charge on any atom is -0.485 e. The number of aliphatic hydroxyl groups is 2. The number of rotatable bonds is 14. The summed E-state index contributed by atoms with van der Waals surface area (Å²) < 4.78 is 12.3. The molecule has 0 saturated carbocycles. The Hall–Kier alpha value is -3.64. The maximum atomic E-state index is 11.2. The average molecular weight is 498 g/mol. The summed E-state index contributed by atoms with van der Waals surface area (Å²) in [6, 6.07) is 35.8. The molecular formula is C32H35NO4. The van der Waals surface area contributed by atoms with Gasteiger partial charge in [0, 0.05) is 26.2 Å². The molecule has 1 unspecified atom stereocenters. The van der Waals surface area contributed by atoms with Gasteiger partial charge in [0.1, 0.15) is 13.2 Å². The first-order chi connectivity index (χ1) is 18.2. The van der Waals surface area contributed by atoms with Gasteiger partial charge in [0.15, 0.2) is 11.5 Å². The number of nitrogens with zero attached hydrogens (tertiary/aromatic N) is 1. The molecule has 2 N–H and O–H groups in total. The van der Waals surface area contributed by atoms with Crippen LogP contribution in [0.2, 0.25) is 0 Å². The summed E-state index contributed by atoms with van der Waals surface area (Å²) in [7, 11) is 0. The second-order valence-electron chi connectivity index (χ2n) is 9.07. The largest absolute Gasteiger partial charge is 0.485 e. The van der Waals surface area contributed by atoms with Crippen LogP contribution in [-0.2, 0) is 19.8 Å². The summed E-state index contributed by atoms with van der Waals surface area (Å²) >= 11 is 0. The van der Waals surface area contributed by atoms with E-state index in [1.165, 1.54) is 5.56 Å². The predicted molar refractivity (Wildman–Crippen MR) is 146 cm³/mol. The lowest BCUT2D eigenvalue weighted by molar-refractivity contribution is 0.103. The molecular weight excluding hydrogens is 462 g/mol. The zero-order valence-electron chi connectivity index (χ0n) is 21.1. The molecule has 0 bridgehead atoms. The van der Waals surface area contributed by atoms with E-state index in [2.05, 4.69) is 17.0 Å². The monoisotopic (exact) mass is 497 g/mol. The lowest BCUT2D eigenvalue weighted by Crippen LogP contribution is -2.30. The summed E-state index contributed by atoms with van der Waals surface area (Å²) in [5, 5.41) is 20.5. The Bertz CT molecular complexity index is 1190. The van der Waals surface area contributed by atoms with Gasteiger partial charge in [0.25, 0.3) is 0 Å². The molecule has 1 atom stereocenters. The van der Waals surface area contributed by atoms with Crippen molar-refractivity contribution in [3.05, 3.63) is 131 Å². The summed E-state index contributed by atoms with van der Waals surface area (Å²) in [5.74, 6) is 1.23. The van der Waals surface area contributed by atoms with E-state index in [1.54, 1.807) is 0 Å². The van der Waals surface area contributed by atoms with Crippen molar-refractivity contribution in [2.75, 3.05) is 19.7 Å². The number of ether oxygens (including phenoxy) is 2. The second-order valence-corrected chi connectivity index (χ2v) is 9.07. The second kappa shape index (κ2) is 14.2. The first kappa shape index (κ1) is 26.4. The predicted octanol–water partition coefficient (Wildman–Crippen LogP) is 5.76. The van der Waals surface area contributed by atoms with Crippen LogP contribution in [0.1, 0.15) is 34.8 Å². The highest BCUT2D eigenvalue weighted by Gasteiger charge is 2.17. The van der Waals surface area contributed by atoms with Crippen LogP contribution in [0.4, 0.5) is 0 Å². The smallest absolute Gasteiger partial charge is 0.162 e. The van der Waals surface area contributed by atoms with E-state index >= 15 is 0 Å². The van der Waals surface area contributed by atoms with Crippen LogP contribution in [-0.4, -0.2) is 34.8 Å². The molecule has 5 heteroatoms. The molecule has 37 heavy (non-hydrogen) atoms. The molecule has 192 valence electrons. The minimum absolute atomic E-state index is 0.117. The summed E-state index contributed by atoms with van der Waals surface area (Å²) in [5.41, 5.74) is 4.06. The van der Waals surface area contributed by atoms with E-state index in [0.717, 1.165) is 16.7 Å². The zero-order chi connectivity index (χ0) is 25.7. The van der Waals surface area contributed by atoms with E-state index in [0.29, 0.717) is 50.8 Å². The average Bonchev–Trinajstić information content (AvgIpc) is 2.95. The molecule has 0 fully saturated rings. The first-order valence-corrected chi connectivity index (χ1v) is 12.7. The maximum absolute atomic E-state index is 11.2. The van der Waals surface area contributed by atoms with Crippen molar-refractivity contribution in [1.82, 2.24) is 4.90 Å². The van der Waals surface area contributed by atoms with Gasteiger partial charge in [-0.05, 0) is 40.8 Å². The van der Waals surface area contributed by atoms with Crippen molar-refractivity contribution in [2.24, 2.45) is 0 Å². The lowest BCUT2D eigenvalue weighted by atomic mass is 10.1. The molecule has 0 aromatic heterocycles. The summed E-state index contributed by atoms with van der Waals surface area (Å²) in [6.45, 7) is 2.78. The van der Waals surface area contributed by atoms with E-state index in [1.807, 2.05) is 97.1 Å². The molecule has 0 spiro atoms. The molecule has 0 aliphatic heterocycles. The molecule has 4 rings (SSSR count). The van der Waals surface area contributed by atoms with Gasteiger partial charge in [-0.2, -0.15) is 0 Å². The number of benzene rings is 4. The minimum atomic E-state index is -0.718. The molecule has 0 heterocycles.